The van der Waals surface area contributed by atoms with Gasteiger partial charge < -0.3 is 15.2 Å². The summed E-state index contributed by atoms with van der Waals surface area (Å²) in [5, 5.41) is 0. The molecule has 0 bridgehead atoms. The Morgan fingerprint density at radius 2 is 2.00 bits per heavy atom. The van der Waals surface area contributed by atoms with Gasteiger partial charge in [-0.25, -0.2) is 0 Å². The first kappa shape index (κ1) is 10.4. The van der Waals surface area contributed by atoms with Crippen LogP contribution < -0.4 is 5.73 Å². The topological polar surface area (TPSA) is 44.5 Å². The Hall–Kier alpha value is -0.120. The molecule has 0 aromatic heterocycles. The predicted octanol–water partition coefficient (Wildman–Crippen LogP) is 1.31. The van der Waals surface area contributed by atoms with Crippen LogP contribution in [-0.4, -0.2) is 32.5 Å². The molecule has 1 atom stereocenters. The monoisotopic (exact) mass is 199 g/mol. The quantitative estimate of drug-likeness (QED) is 0.729. The third-order valence-electron chi connectivity index (χ3n) is 3.66. The third-order valence-corrected chi connectivity index (χ3v) is 3.66. The van der Waals surface area contributed by atoms with Gasteiger partial charge in [0.25, 0.3) is 0 Å². The van der Waals surface area contributed by atoms with E-state index in [0.29, 0.717) is 11.5 Å². The summed E-state index contributed by atoms with van der Waals surface area (Å²) < 4.78 is 11.3. The second kappa shape index (κ2) is 4.60. The van der Waals surface area contributed by atoms with Gasteiger partial charge in [0.05, 0.1) is 12.7 Å². The lowest BCUT2D eigenvalue weighted by atomic mass is 9.75. The molecule has 2 fully saturated rings. The van der Waals surface area contributed by atoms with Crippen molar-refractivity contribution >= 4 is 0 Å². The van der Waals surface area contributed by atoms with Gasteiger partial charge in [0.15, 0.2) is 0 Å². The Kier molecular flexibility index (Phi) is 3.42. The normalized spacial score (nSPS) is 31.9. The van der Waals surface area contributed by atoms with E-state index in [9.17, 15) is 0 Å². The molecule has 1 unspecified atom stereocenters. The lowest BCUT2D eigenvalue weighted by Crippen LogP contribution is -2.40. The van der Waals surface area contributed by atoms with Crippen molar-refractivity contribution in [1.82, 2.24) is 0 Å². The molecule has 3 heteroatoms. The molecule has 2 aliphatic rings. The molecule has 0 aromatic rings. The highest BCUT2D eigenvalue weighted by Crippen LogP contribution is 2.40. The lowest BCUT2D eigenvalue weighted by molar-refractivity contribution is -0.106. The summed E-state index contributed by atoms with van der Waals surface area (Å²) in [5.74, 6) is 0. The third kappa shape index (κ3) is 2.27. The van der Waals surface area contributed by atoms with E-state index in [2.05, 4.69) is 0 Å². The van der Waals surface area contributed by atoms with E-state index in [4.69, 9.17) is 15.2 Å². The number of hydrogen-bond donors (Lipinski definition) is 1. The van der Waals surface area contributed by atoms with Crippen LogP contribution in [0.3, 0.4) is 0 Å². The molecular formula is C11H21NO2. The second-order valence-electron chi connectivity index (χ2n) is 4.66. The standard InChI is InChI=1S/C11H21NO2/c12-6-2-10-1-3-11(9-14-10)4-7-13-8-5-11/h10H,1-9,12H2. The summed E-state index contributed by atoms with van der Waals surface area (Å²) in [6.07, 6.45) is 6.31. The van der Waals surface area contributed by atoms with E-state index in [1.807, 2.05) is 0 Å². The van der Waals surface area contributed by atoms with Crippen LogP contribution in [0.15, 0.2) is 0 Å². The van der Waals surface area contributed by atoms with Crippen LogP contribution in [0.2, 0.25) is 0 Å². The Balaban J connectivity index is 1.81. The van der Waals surface area contributed by atoms with Crippen molar-refractivity contribution in [3.63, 3.8) is 0 Å². The van der Waals surface area contributed by atoms with E-state index >= 15 is 0 Å². The number of nitrogens with two attached hydrogens (primary N) is 1. The molecular weight excluding hydrogens is 178 g/mol. The van der Waals surface area contributed by atoms with Gasteiger partial charge in [-0.3, -0.25) is 0 Å². The Morgan fingerprint density at radius 3 is 2.57 bits per heavy atom. The molecule has 0 saturated carbocycles. The second-order valence-corrected chi connectivity index (χ2v) is 4.66. The van der Waals surface area contributed by atoms with Crippen LogP contribution in [0, 0.1) is 5.41 Å². The Bertz CT molecular complexity index is 168. The molecule has 0 radical (unpaired) electrons. The van der Waals surface area contributed by atoms with E-state index < -0.39 is 0 Å². The summed E-state index contributed by atoms with van der Waals surface area (Å²) in [6.45, 7) is 3.53. The van der Waals surface area contributed by atoms with Crippen LogP contribution in [-0.2, 0) is 9.47 Å². The average molecular weight is 199 g/mol. The average Bonchev–Trinajstić information content (AvgIpc) is 2.24. The van der Waals surface area contributed by atoms with Crippen LogP contribution in [0.1, 0.15) is 32.1 Å². The number of ether oxygens (including phenoxy) is 2. The van der Waals surface area contributed by atoms with Gasteiger partial charge in [-0.1, -0.05) is 0 Å². The zero-order valence-corrected chi connectivity index (χ0v) is 8.84. The van der Waals surface area contributed by atoms with Crippen molar-refractivity contribution in [2.45, 2.75) is 38.2 Å². The largest absolute Gasteiger partial charge is 0.381 e. The van der Waals surface area contributed by atoms with Gasteiger partial charge in [0, 0.05) is 13.2 Å². The molecule has 2 N–H and O–H groups in total. The summed E-state index contributed by atoms with van der Waals surface area (Å²) in [5.41, 5.74) is 5.98. The maximum absolute atomic E-state index is 5.88. The molecule has 2 saturated heterocycles. The zero-order valence-electron chi connectivity index (χ0n) is 8.84. The first-order valence-corrected chi connectivity index (χ1v) is 5.74. The fourth-order valence-electron chi connectivity index (χ4n) is 2.53. The minimum atomic E-state index is 0.425. The zero-order chi connectivity index (χ0) is 9.86. The molecule has 2 heterocycles. The van der Waals surface area contributed by atoms with Crippen molar-refractivity contribution in [3.05, 3.63) is 0 Å². The maximum atomic E-state index is 5.88. The Labute approximate surface area is 85.9 Å². The lowest BCUT2D eigenvalue weighted by Gasteiger charge is -2.42. The smallest absolute Gasteiger partial charge is 0.0587 e. The van der Waals surface area contributed by atoms with Crippen molar-refractivity contribution in [2.75, 3.05) is 26.4 Å². The van der Waals surface area contributed by atoms with Crippen LogP contribution >= 0.6 is 0 Å². The highest BCUT2D eigenvalue weighted by molar-refractivity contribution is 4.86. The molecule has 0 aliphatic carbocycles. The van der Waals surface area contributed by atoms with Gasteiger partial charge in [-0.15, -0.1) is 0 Å². The number of hydrogen-bond acceptors (Lipinski definition) is 3. The van der Waals surface area contributed by atoms with Gasteiger partial charge in [-0.2, -0.15) is 0 Å². The first-order valence-electron chi connectivity index (χ1n) is 5.74. The van der Waals surface area contributed by atoms with Crippen molar-refractivity contribution < 1.29 is 9.47 Å². The van der Waals surface area contributed by atoms with E-state index in [-0.39, 0.29) is 0 Å². The molecule has 2 aliphatic heterocycles. The molecule has 0 aromatic carbocycles. The molecule has 82 valence electrons. The first-order chi connectivity index (χ1) is 6.85. The van der Waals surface area contributed by atoms with Crippen molar-refractivity contribution in [2.24, 2.45) is 11.1 Å². The van der Waals surface area contributed by atoms with Crippen LogP contribution in [0.25, 0.3) is 0 Å². The SMILES string of the molecule is NCCC1CCC2(CCOCC2)CO1. The summed E-state index contributed by atoms with van der Waals surface area (Å²) >= 11 is 0. The summed E-state index contributed by atoms with van der Waals surface area (Å²) in [7, 11) is 0. The summed E-state index contributed by atoms with van der Waals surface area (Å²) in [4.78, 5) is 0. The molecule has 0 amide bonds. The van der Waals surface area contributed by atoms with Crippen molar-refractivity contribution in [1.29, 1.82) is 0 Å². The Morgan fingerprint density at radius 1 is 1.21 bits per heavy atom. The highest BCUT2D eigenvalue weighted by Gasteiger charge is 2.37. The predicted molar refractivity (Wildman–Crippen MR) is 55.1 cm³/mol. The van der Waals surface area contributed by atoms with Gasteiger partial charge in [0.2, 0.25) is 0 Å². The van der Waals surface area contributed by atoms with Crippen molar-refractivity contribution in [3.8, 4) is 0 Å². The molecule has 2 rings (SSSR count). The molecule has 1 spiro atoms. The fourth-order valence-corrected chi connectivity index (χ4v) is 2.53. The van der Waals surface area contributed by atoms with Gasteiger partial charge in [-0.05, 0) is 44.1 Å². The van der Waals surface area contributed by atoms with E-state index in [0.717, 1.165) is 32.8 Å². The van der Waals surface area contributed by atoms with Gasteiger partial charge >= 0.3 is 0 Å². The minimum Gasteiger partial charge on any atom is -0.381 e. The van der Waals surface area contributed by atoms with E-state index in [1.165, 1.54) is 25.7 Å². The number of rotatable bonds is 2. The summed E-state index contributed by atoms with van der Waals surface area (Å²) in [6, 6.07) is 0. The fraction of sp³-hybridized carbons (Fsp3) is 1.00. The highest BCUT2D eigenvalue weighted by atomic mass is 16.5. The van der Waals surface area contributed by atoms with Gasteiger partial charge in [0.1, 0.15) is 0 Å². The molecule has 3 nitrogen and oxygen atoms in total. The van der Waals surface area contributed by atoms with Crippen LogP contribution in [0.4, 0.5) is 0 Å². The maximum Gasteiger partial charge on any atom is 0.0587 e. The van der Waals surface area contributed by atoms with Crippen LogP contribution in [0.5, 0.6) is 0 Å². The minimum absolute atomic E-state index is 0.425. The van der Waals surface area contributed by atoms with E-state index in [1.54, 1.807) is 0 Å². The molecule has 14 heavy (non-hydrogen) atoms.